The summed E-state index contributed by atoms with van der Waals surface area (Å²) in [6.07, 6.45) is 7.56. The van der Waals surface area contributed by atoms with Gasteiger partial charge in [0, 0.05) is 50.3 Å². The molecular formula is C25H28N4O2. The average molecular weight is 417 g/mol. The van der Waals surface area contributed by atoms with E-state index in [2.05, 4.69) is 26.3 Å². The van der Waals surface area contributed by atoms with Gasteiger partial charge in [-0.2, -0.15) is 0 Å². The Kier molecular flexibility index (Phi) is 6.89. The first kappa shape index (κ1) is 21.0. The number of aryl methyl sites for hydroxylation is 1. The van der Waals surface area contributed by atoms with Crippen molar-refractivity contribution >= 4 is 5.91 Å². The number of likely N-dealkylation sites (tertiary alicyclic amines) is 1. The van der Waals surface area contributed by atoms with Crippen LogP contribution in [0.25, 0.3) is 0 Å². The molecule has 1 amide bonds. The van der Waals surface area contributed by atoms with Gasteiger partial charge in [0.25, 0.3) is 5.91 Å². The molecule has 0 aliphatic carbocycles. The summed E-state index contributed by atoms with van der Waals surface area (Å²) >= 11 is 0. The van der Waals surface area contributed by atoms with Crippen LogP contribution in [0.15, 0.2) is 67.1 Å². The van der Waals surface area contributed by atoms with E-state index in [1.807, 2.05) is 55.6 Å². The number of piperidine rings is 1. The first-order valence-corrected chi connectivity index (χ1v) is 10.7. The number of benzene rings is 1. The minimum atomic E-state index is -0.0920. The van der Waals surface area contributed by atoms with Gasteiger partial charge in [0.05, 0.1) is 5.69 Å². The quantitative estimate of drug-likeness (QED) is 0.635. The number of rotatable bonds is 7. The van der Waals surface area contributed by atoms with Crippen LogP contribution in [0, 0.1) is 6.92 Å². The zero-order chi connectivity index (χ0) is 21.5. The van der Waals surface area contributed by atoms with Crippen LogP contribution in [0.2, 0.25) is 0 Å². The minimum Gasteiger partial charge on any atom is -0.490 e. The van der Waals surface area contributed by atoms with Gasteiger partial charge in [0.1, 0.15) is 11.9 Å². The highest BCUT2D eigenvalue weighted by Crippen LogP contribution is 2.20. The number of nitrogens with one attached hydrogen (secondary N) is 1. The molecule has 0 unspecified atom stereocenters. The maximum atomic E-state index is 12.4. The van der Waals surface area contributed by atoms with Gasteiger partial charge in [-0.15, -0.1) is 0 Å². The first-order valence-electron chi connectivity index (χ1n) is 10.7. The molecule has 1 N–H and O–H groups in total. The van der Waals surface area contributed by atoms with Crippen LogP contribution in [0.3, 0.4) is 0 Å². The normalized spacial score (nSPS) is 14.9. The first-order chi connectivity index (χ1) is 15.2. The Morgan fingerprint density at radius 2 is 1.90 bits per heavy atom. The van der Waals surface area contributed by atoms with E-state index >= 15 is 0 Å². The fourth-order valence-corrected chi connectivity index (χ4v) is 3.76. The van der Waals surface area contributed by atoms with Crippen LogP contribution >= 0.6 is 0 Å². The van der Waals surface area contributed by atoms with Gasteiger partial charge < -0.3 is 10.1 Å². The maximum Gasteiger partial charge on any atom is 0.251 e. The molecule has 1 aliphatic heterocycles. The van der Waals surface area contributed by atoms with Crippen LogP contribution in [-0.2, 0) is 13.1 Å². The Morgan fingerprint density at radius 3 is 2.61 bits per heavy atom. The van der Waals surface area contributed by atoms with Crippen molar-refractivity contribution in [2.45, 2.75) is 39.0 Å². The lowest BCUT2D eigenvalue weighted by Crippen LogP contribution is -2.37. The summed E-state index contributed by atoms with van der Waals surface area (Å²) in [5.41, 5.74) is 3.87. The Bertz CT molecular complexity index is 984. The lowest BCUT2D eigenvalue weighted by Gasteiger charge is -2.31. The van der Waals surface area contributed by atoms with E-state index in [-0.39, 0.29) is 12.0 Å². The van der Waals surface area contributed by atoms with Gasteiger partial charge in [-0.05, 0) is 73.4 Å². The largest absolute Gasteiger partial charge is 0.490 e. The van der Waals surface area contributed by atoms with Gasteiger partial charge in [-0.25, -0.2) is 0 Å². The summed E-state index contributed by atoms with van der Waals surface area (Å²) < 4.78 is 6.15. The molecule has 0 saturated carbocycles. The fraction of sp³-hybridized carbons (Fsp3) is 0.320. The standard InChI is InChI=1S/C25H28N4O2/c1-19-16-26-13-9-21(19)17-28-25(30)20-5-7-23(8-6-20)31-24-10-14-29(15-11-24)18-22-4-2-3-12-27-22/h2-9,12-13,16,24H,10-11,14-15,17-18H2,1H3,(H,28,30). The molecule has 0 atom stereocenters. The summed E-state index contributed by atoms with van der Waals surface area (Å²) in [7, 11) is 0. The van der Waals surface area contributed by atoms with Gasteiger partial charge in [0.15, 0.2) is 0 Å². The number of pyridine rings is 2. The molecule has 0 radical (unpaired) electrons. The van der Waals surface area contributed by atoms with Gasteiger partial charge in [-0.3, -0.25) is 19.7 Å². The average Bonchev–Trinajstić information content (AvgIpc) is 2.81. The lowest BCUT2D eigenvalue weighted by atomic mass is 10.1. The molecule has 4 rings (SSSR count). The highest BCUT2D eigenvalue weighted by Gasteiger charge is 2.21. The molecule has 31 heavy (non-hydrogen) atoms. The van der Waals surface area contributed by atoms with E-state index in [0.29, 0.717) is 12.1 Å². The van der Waals surface area contributed by atoms with Crippen molar-refractivity contribution in [1.29, 1.82) is 0 Å². The molecular weight excluding hydrogens is 388 g/mol. The second kappa shape index (κ2) is 10.2. The summed E-state index contributed by atoms with van der Waals surface area (Å²) in [4.78, 5) is 23.3. The molecule has 3 aromatic rings. The third kappa shape index (κ3) is 5.89. The van der Waals surface area contributed by atoms with Crippen LogP contribution in [0.1, 0.15) is 40.0 Å². The second-order valence-electron chi connectivity index (χ2n) is 7.92. The molecule has 0 spiro atoms. The van der Waals surface area contributed by atoms with Crippen molar-refractivity contribution in [2.75, 3.05) is 13.1 Å². The van der Waals surface area contributed by atoms with Gasteiger partial charge in [-0.1, -0.05) is 6.07 Å². The SMILES string of the molecule is Cc1cnccc1CNC(=O)c1ccc(OC2CCN(Cc3ccccn3)CC2)cc1. The van der Waals surface area contributed by atoms with Gasteiger partial charge >= 0.3 is 0 Å². The molecule has 1 saturated heterocycles. The predicted molar refractivity (Wildman–Crippen MR) is 120 cm³/mol. The van der Waals surface area contributed by atoms with Crippen molar-refractivity contribution in [3.05, 3.63) is 89.5 Å². The predicted octanol–water partition coefficient (Wildman–Crippen LogP) is 3.76. The molecule has 0 bridgehead atoms. The highest BCUT2D eigenvalue weighted by atomic mass is 16.5. The highest BCUT2D eigenvalue weighted by molar-refractivity contribution is 5.94. The summed E-state index contributed by atoms with van der Waals surface area (Å²) in [5, 5.41) is 2.96. The molecule has 1 fully saturated rings. The van der Waals surface area contributed by atoms with E-state index in [0.717, 1.165) is 55.0 Å². The zero-order valence-corrected chi connectivity index (χ0v) is 17.8. The lowest BCUT2D eigenvalue weighted by molar-refractivity contribution is 0.0947. The smallest absolute Gasteiger partial charge is 0.251 e. The van der Waals surface area contributed by atoms with Crippen LogP contribution in [-0.4, -0.2) is 40.0 Å². The maximum absolute atomic E-state index is 12.4. The van der Waals surface area contributed by atoms with Crippen molar-refractivity contribution < 1.29 is 9.53 Å². The minimum absolute atomic E-state index is 0.0920. The Labute approximate surface area is 183 Å². The van der Waals surface area contributed by atoms with Crippen LogP contribution < -0.4 is 10.1 Å². The topological polar surface area (TPSA) is 67.3 Å². The molecule has 1 aromatic carbocycles. The zero-order valence-electron chi connectivity index (χ0n) is 17.8. The second-order valence-corrected chi connectivity index (χ2v) is 7.92. The Balaban J connectivity index is 1.23. The number of hydrogen-bond donors (Lipinski definition) is 1. The van der Waals surface area contributed by atoms with E-state index in [9.17, 15) is 4.79 Å². The van der Waals surface area contributed by atoms with E-state index in [4.69, 9.17) is 4.74 Å². The summed E-state index contributed by atoms with van der Waals surface area (Å²) in [6.45, 7) is 5.36. The van der Waals surface area contributed by atoms with Crippen LogP contribution in [0.4, 0.5) is 0 Å². The third-order valence-electron chi connectivity index (χ3n) is 5.64. The number of carbonyl (C=O) groups excluding carboxylic acids is 1. The van der Waals surface area contributed by atoms with E-state index in [1.165, 1.54) is 0 Å². The summed E-state index contributed by atoms with van der Waals surface area (Å²) in [6, 6.07) is 15.4. The van der Waals surface area contributed by atoms with Crippen LogP contribution in [0.5, 0.6) is 5.75 Å². The Morgan fingerprint density at radius 1 is 1.10 bits per heavy atom. The molecule has 1 aliphatic rings. The van der Waals surface area contributed by atoms with Gasteiger partial charge in [0.2, 0.25) is 0 Å². The number of amides is 1. The third-order valence-corrected chi connectivity index (χ3v) is 5.64. The molecule has 160 valence electrons. The van der Waals surface area contributed by atoms with Crippen molar-refractivity contribution in [3.63, 3.8) is 0 Å². The van der Waals surface area contributed by atoms with Crippen molar-refractivity contribution in [3.8, 4) is 5.75 Å². The summed E-state index contributed by atoms with van der Waals surface area (Å²) in [5.74, 6) is 0.718. The van der Waals surface area contributed by atoms with E-state index < -0.39 is 0 Å². The molecule has 2 aromatic heterocycles. The number of hydrogen-bond acceptors (Lipinski definition) is 5. The number of nitrogens with zero attached hydrogens (tertiary/aromatic N) is 3. The number of aromatic nitrogens is 2. The van der Waals surface area contributed by atoms with E-state index in [1.54, 1.807) is 12.4 Å². The molecule has 6 heteroatoms. The molecule has 6 nitrogen and oxygen atoms in total. The number of carbonyl (C=O) groups is 1. The Hall–Kier alpha value is -3.25. The van der Waals surface area contributed by atoms with Crippen molar-refractivity contribution in [2.24, 2.45) is 0 Å². The fourth-order valence-electron chi connectivity index (χ4n) is 3.76. The van der Waals surface area contributed by atoms with Crippen molar-refractivity contribution in [1.82, 2.24) is 20.2 Å². The number of ether oxygens (including phenoxy) is 1. The molecule has 3 heterocycles. The monoisotopic (exact) mass is 416 g/mol.